The van der Waals surface area contributed by atoms with Gasteiger partial charge in [0.15, 0.2) is 6.04 Å². The molecule has 1 saturated heterocycles. The molecule has 96 valence electrons. The Morgan fingerprint density at radius 2 is 2.06 bits per heavy atom. The number of carbonyl (C=O) groups is 2. The first-order chi connectivity index (χ1) is 8.65. The smallest absolute Gasteiger partial charge is 0.332 e. The van der Waals surface area contributed by atoms with Crippen molar-refractivity contribution in [1.82, 2.24) is 4.90 Å². The van der Waals surface area contributed by atoms with Crippen LogP contribution in [-0.4, -0.2) is 46.3 Å². The largest absolute Gasteiger partial charge is 0.467 e. The van der Waals surface area contributed by atoms with E-state index in [4.69, 9.17) is 0 Å². The average molecular weight is 267 g/mol. The fraction of sp³-hybridized carbons (Fsp3) is 0.333. The number of carbonyl (C=O) groups excluding carboxylic acids is 2. The minimum Gasteiger partial charge on any atom is -0.467 e. The van der Waals surface area contributed by atoms with Gasteiger partial charge < -0.3 is 14.7 Å². The molecule has 2 atom stereocenters. The van der Waals surface area contributed by atoms with Crippen molar-refractivity contribution >= 4 is 23.6 Å². The van der Waals surface area contributed by atoms with E-state index in [-0.39, 0.29) is 11.8 Å². The second-order valence-corrected chi connectivity index (χ2v) is 4.87. The highest BCUT2D eigenvalue weighted by atomic mass is 32.2. The molecule has 0 saturated carbocycles. The number of hydrogen-bond donors (Lipinski definition) is 1. The van der Waals surface area contributed by atoms with Crippen LogP contribution in [0.3, 0.4) is 0 Å². The first kappa shape index (κ1) is 12.9. The van der Waals surface area contributed by atoms with Crippen LogP contribution in [0.25, 0.3) is 0 Å². The number of amides is 1. The minimum absolute atomic E-state index is 0.272. The lowest BCUT2D eigenvalue weighted by atomic mass is 10.1. The molecule has 1 fully saturated rings. The molecule has 2 unspecified atom stereocenters. The van der Waals surface area contributed by atoms with Crippen molar-refractivity contribution in [3.8, 4) is 0 Å². The first-order valence-electron chi connectivity index (χ1n) is 5.38. The molecule has 1 aliphatic heterocycles. The molecular weight excluding hydrogens is 254 g/mol. The lowest BCUT2D eigenvalue weighted by Gasteiger charge is -2.22. The van der Waals surface area contributed by atoms with Crippen molar-refractivity contribution < 1.29 is 19.4 Å². The maximum Gasteiger partial charge on any atom is 0.332 e. The molecular formula is C12H13NO4S. The number of aliphatic hydroxyl groups excluding tert-OH is 1. The van der Waals surface area contributed by atoms with Gasteiger partial charge in [-0.15, -0.1) is 11.8 Å². The van der Waals surface area contributed by atoms with Crippen molar-refractivity contribution in [1.29, 1.82) is 0 Å². The molecule has 0 spiro atoms. The molecule has 18 heavy (non-hydrogen) atoms. The van der Waals surface area contributed by atoms with E-state index in [1.54, 1.807) is 24.3 Å². The summed E-state index contributed by atoms with van der Waals surface area (Å²) in [7, 11) is 1.24. The van der Waals surface area contributed by atoms with Gasteiger partial charge in [0, 0.05) is 5.56 Å². The van der Waals surface area contributed by atoms with Gasteiger partial charge in [0.25, 0.3) is 5.91 Å². The van der Waals surface area contributed by atoms with Gasteiger partial charge in [-0.25, -0.2) is 4.79 Å². The molecule has 1 heterocycles. The Labute approximate surface area is 109 Å². The summed E-state index contributed by atoms with van der Waals surface area (Å²) in [6.07, 6.45) is 0. The standard InChI is InChI=1S/C12H13NO4S/c1-17-11(15)9-12(16)18-7-13(9)10(14)8-5-3-2-4-6-8/h2-6,9,12,16H,7H2,1H3. The van der Waals surface area contributed by atoms with Crippen molar-refractivity contribution in [2.45, 2.75) is 11.5 Å². The van der Waals surface area contributed by atoms with Gasteiger partial charge >= 0.3 is 5.97 Å². The Morgan fingerprint density at radius 1 is 1.39 bits per heavy atom. The highest BCUT2D eigenvalue weighted by molar-refractivity contribution is 8.00. The van der Waals surface area contributed by atoms with Crippen molar-refractivity contribution in [2.75, 3.05) is 13.0 Å². The van der Waals surface area contributed by atoms with Crippen LogP contribution in [0, 0.1) is 0 Å². The summed E-state index contributed by atoms with van der Waals surface area (Å²) in [5.41, 5.74) is -0.453. The maximum atomic E-state index is 12.2. The number of rotatable bonds is 2. The molecule has 0 bridgehead atoms. The SMILES string of the molecule is COC(=O)C1C(O)SCN1C(=O)c1ccccc1. The third kappa shape index (κ3) is 2.34. The molecule has 1 aromatic carbocycles. The average Bonchev–Trinajstić information content (AvgIpc) is 2.80. The second-order valence-electron chi connectivity index (χ2n) is 3.80. The minimum atomic E-state index is -0.940. The van der Waals surface area contributed by atoms with Crippen molar-refractivity contribution in [3.63, 3.8) is 0 Å². The van der Waals surface area contributed by atoms with Gasteiger partial charge in [-0.3, -0.25) is 4.79 Å². The maximum absolute atomic E-state index is 12.2. The predicted octanol–water partition coefficient (Wildman–Crippen LogP) is 0.693. The number of benzene rings is 1. The molecule has 1 aliphatic rings. The topological polar surface area (TPSA) is 66.8 Å². The monoisotopic (exact) mass is 267 g/mol. The predicted molar refractivity (Wildman–Crippen MR) is 66.9 cm³/mol. The van der Waals surface area contributed by atoms with Crippen LogP contribution in [-0.2, 0) is 9.53 Å². The van der Waals surface area contributed by atoms with E-state index in [0.717, 1.165) is 11.8 Å². The zero-order chi connectivity index (χ0) is 13.1. The van der Waals surface area contributed by atoms with Gasteiger partial charge in [0.2, 0.25) is 0 Å². The Kier molecular flexibility index (Phi) is 3.88. The molecule has 1 N–H and O–H groups in total. The molecule has 1 aromatic rings. The zero-order valence-corrected chi connectivity index (χ0v) is 10.6. The van der Waals surface area contributed by atoms with E-state index >= 15 is 0 Å². The van der Waals surface area contributed by atoms with Crippen molar-refractivity contribution in [3.05, 3.63) is 35.9 Å². The van der Waals surface area contributed by atoms with E-state index in [9.17, 15) is 14.7 Å². The summed E-state index contributed by atoms with van der Waals surface area (Å²) >= 11 is 1.14. The van der Waals surface area contributed by atoms with Crippen LogP contribution < -0.4 is 0 Å². The Morgan fingerprint density at radius 3 is 2.67 bits per heavy atom. The van der Waals surface area contributed by atoms with Gasteiger partial charge in [0.1, 0.15) is 5.44 Å². The van der Waals surface area contributed by atoms with Crippen LogP contribution in [0.4, 0.5) is 0 Å². The summed E-state index contributed by atoms with van der Waals surface area (Å²) < 4.78 is 4.61. The molecule has 5 nitrogen and oxygen atoms in total. The van der Waals surface area contributed by atoms with Crippen LogP contribution in [0.1, 0.15) is 10.4 Å². The molecule has 0 aliphatic carbocycles. The zero-order valence-electron chi connectivity index (χ0n) is 9.78. The summed E-state index contributed by atoms with van der Waals surface area (Å²) in [5, 5.41) is 9.72. The number of nitrogens with zero attached hydrogens (tertiary/aromatic N) is 1. The van der Waals surface area contributed by atoms with Crippen LogP contribution in [0.15, 0.2) is 30.3 Å². The molecule has 2 rings (SSSR count). The van der Waals surface area contributed by atoms with Gasteiger partial charge in [-0.05, 0) is 12.1 Å². The normalized spacial score (nSPS) is 22.9. The van der Waals surface area contributed by atoms with Gasteiger partial charge in [0.05, 0.1) is 13.0 Å². The van der Waals surface area contributed by atoms with Crippen LogP contribution >= 0.6 is 11.8 Å². The highest BCUT2D eigenvalue weighted by Crippen LogP contribution is 2.29. The Hall–Kier alpha value is -1.53. The number of aliphatic hydroxyl groups is 1. The second kappa shape index (κ2) is 5.41. The third-order valence-electron chi connectivity index (χ3n) is 2.71. The lowest BCUT2D eigenvalue weighted by Crippen LogP contribution is -2.45. The van der Waals surface area contributed by atoms with E-state index in [1.165, 1.54) is 12.0 Å². The van der Waals surface area contributed by atoms with Gasteiger partial charge in [-0.2, -0.15) is 0 Å². The van der Waals surface area contributed by atoms with E-state index in [1.807, 2.05) is 6.07 Å². The number of thioether (sulfide) groups is 1. The number of hydrogen-bond acceptors (Lipinski definition) is 5. The first-order valence-corrected chi connectivity index (χ1v) is 6.43. The van der Waals surface area contributed by atoms with E-state index in [2.05, 4.69) is 4.74 Å². The van der Waals surface area contributed by atoms with Crippen LogP contribution in [0.2, 0.25) is 0 Å². The molecule has 6 heteroatoms. The molecule has 0 radical (unpaired) electrons. The summed E-state index contributed by atoms with van der Waals surface area (Å²) in [4.78, 5) is 25.1. The number of ether oxygens (including phenoxy) is 1. The lowest BCUT2D eigenvalue weighted by molar-refractivity contribution is -0.147. The number of methoxy groups -OCH3 is 1. The summed E-state index contributed by atoms with van der Waals surface area (Å²) in [5.74, 6) is -0.610. The molecule has 0 aromatic heterocycles. The quantitative estimate of drug-likeness (QED) is 0.799. The van der Waals surface area contributed by atoms with E-state index in [0.29, 0.717) is 5.56 Å². The van der Waals surface area contributed by atoms with Crippen molar-refractivity contribution in [2.24, 2.45) is 0 Å². The third-order valence-corrected chi connectivity index (χ3v) is 3.74. The fourth-order valence-electron chi connectivity index (χ4n) is 1.78. The Balaban J connectivity index is 2.22. The number of esters is 1. The summed E-state index contributed by atoms with van der Waals surface area (Å²) in [6.45, 7) is 0. The van der Waals surface area contributed by atoms with Crippen LogP contribution in [0.5, 0.6) is 0 Å². The van der Waals surface area contributed by atoms with E-state index < -0.39 is 17.4 Å². The highest BCUT2D eigenvalue weighted by Gasteiger charge is 2.42. The fourth-order valence-corrected chi connectivity index (χ4v) is 2.81. The Bertz CT molecular complexity index is 451. The summed E-state index contributed by atoms with van der Waals surface area (Å²) in [6, 6.07) is 7.72. The molecule has 1 amide bonds. The van der Waals surface area contributed by atoms with Gasteiger partial charge in [-0.1, -0.05) is 18.2 Å².